The zero-order valence-corrected chi connectivity index (χ0v) is 13.1. The van der Waals surface area contributed by atoms with Gasteiger partial charge in [0.2, 0.25) is 0 Å². The molecule has 0 aliphatic heterocycles. The van der Waals surface area contributed by atoms with Crippen molar-refractivity contribution in [2.45, 2.75) is 6.18 Å². The lowest BCUT2D eigenvalue weighted by atomic mass is 10.3. The first-order valence-electron chi connectivity index (χ1n) is 4.38. The number of benzene rings is 1. The van der Waals surface area contributed by atoms with Gasteiger partial charge in [0.1, 0.15) is 6.54 Å². The number of hydrogen-bond acceptors (Lipinski definition) is 2. The highest BCUT2D eigenvalue weighted by molar-refractivity contribution is 14.1. The minimum Gasteiger partial charge on any atom is -0.271 e. The molecule has 0 fully saturated rings. The van der Waals surface area contributed by atoms with Gasteiger partial charge in [-0.15, -0.1) is 0 Å². The highest BCUT2D eigenvalue weighted by atomic mass is 127. The van der Waals surface area contributed by atoms with E-state index in [1.165, 1.54) is 16.9 Å². The Morgan fingerprint density at radius 3 is 2.44 bits per heavy atom. The Labute approximate surface area is 124 Å². The molecule has 0 amide bonds. The lowest BCUT2D eigenvalue weighted by Crippen LogP contribution is -2.37. The quantitative estimate of drug-likeness (QED) is 0.681. The van der Waals surface area contributed by atoms with Crippen molar-refractivity contribution in [3.8, 4) is 0 Å². The van der Waals surface area contributed by atoms with Crippen molar-refractivity contribution in [2.75, 3.05) is 11.3 Å². The molecule has 18 heavy (non-hydrogen) atoms. The number of alkyl halides is 3. The van der Waals surface area contributed by atoms with E-state index in [2.05, 4.69) is 15.9 Å². The van der Waals surface area contributed by atoms with Gasteiger partial charge in [-0.05, 0) is 56.7 Å². The number of nitrogens with one attached hydrogen (secondary N) is 2. The molecule has 1 aromatic carbocycles. The van der Waals surface area contributed by atoms with Gasteiger partial charge < -0.3 is 0 Å². The van der Waals surface area contributed by atoms with Gasteiger partial charge in [0.15, 0.2) is 0 Å². The summed E-state index contributed by atoms with van der Waals surface area (Å²) < 4.78 is 63.1. The lowest BCUT2D eigenvalue weighted by Gasteiger charge is -2.11. The van der Waals surface area contributed by atoms with Crippen LogP contribution in [0.15, 0.2) is 22.7 Å². The summed E-state index contributed by atoms with van der Waals surface area (Å²) in [5, 5.41) is 0. The topological polar surface area (TPSA) is 58.2 Å². The standard InChI is InChI=1S/C8H7BrF3IN2O2S/c9-6-3-5(1-2-7(6)13)15-18(16,17)14-4-8(10,11)12/h1-3,14-15H,4H2. The van der Waals surface area contributed by atoms with Crippen LogP contribution in [0.3, 0.4) is 0 Å². The van der Waals surface area contributed by atoms with Gasteiger partial charge in [0.25, 0.3) is 10.2 Å². The Morgan fingerprint density at radius 2 is 1.94 bits per heavy atom. The van der Waals surface area contributed by atoms with Crippen LogP contribution < -0.4 is 9.44 Å². The fourth-order valence-electron chi connectivity index (χ4n) is 0.928. The molecule has 102 valence electrons. The molecule has 4 nitrogen and oxygen atoms in total. The second-order valence-corrected chi connectivity index (χ2v) is 6.69. The molecule has 1 aromatic rings. The van der Waals surface area contributed by atoms with Crippen LogP contribution in [0.25, 0.3) is 0 Å². The summed E-state index contributed by atoms with van der Waals surface area (Å²) in [5.74, 6) is 0. The molecule has 0 spiro atoms. The molecular weight excluding hydrogens is 452 g/mol. The van der Waals surface area contributed by atoms with Crippen LogP contribution >= 0.6 is 38.5 Å². The predicted octanol–water partition coefficient (Wildman–Crippen LogP) is 2.86. The lowest BCUT2D eigenvalue weighted by molar-refractivity contribution is -0.121. The number of halogens is 5. The van der Waals surface area contributed by atoms with Gasteiger partial charge in [-0.1, -0.05) is 0 Å². The molecule has 0 aliphatic carbocycles. The Kier molecular flexibility index (Phi) is 5.26. The van der Waals surface area contributed by atoms with E-state index >= 15 is 0 Å². The molecule has 0 saturated carbocycles. The molecular formula is C8H7BrF3IN2O2S. The summed E-state index contributed by atoms with van der Waals surface area (Å²) in [4.78, 5) is 0. The summed E-state index contributed by atoms with van der Waals surface area (Å²) >= 11 is 5.20. The highest BCUT2D eigenvalue weighted by Gasteiger charge is 2.29. The van der Waals surface area contributed by atoms with E-state index in [-0.39, 0.29) is 5.69 Å². The van der Waals surface area contributed by atoms with Crippen LogP contribution in [0.2, 0.25) is 0 Å². The minimum atomic E-state index is -4.60. The normalized spacial score (nSPS) is 12.5. The van der Waals surface area contributed by atoms with Crippen molar-refractivity contribution in [3.63, 3.8) is 0 Å². The maximum atomic E-state index is 11.9. The minimum absolute atomic E-state index is 0.164. The molecule has 0 atom stereocenters. The summed E-state index contributed by atoms with van der Waals surface area (Å²) in [6.45, 7) is -1.62. The molecule has 10 heteroatoms. The van der Waals surface area contributed by atoms with E-state index in [0.29, 0.717) is 4.47 Å². The molecule has 0 radical (unpaired) electrons. The van der Waals surface area contributed by atoms with Crippen molar-refractivity contribution >= 4 is 54.4 Å². The average molecular weight is 459 g/mol. The van der Waals surface area contributed by atoms with Crippen LogP contribution in [-0.2, 0) is 10.2 Å². The molecule has 1 rings (SSSR count). The van der Waals surface area contributed by atoms with Crippen molar-refractivity contribution in [1.82, 2.24) is 4.72 Å². The molecule has 0 heterocycles. The van der Waals surface area contributed by atoms with Crippen molar-refractivity contribution in [2.24, 2.45) is 0 Å². The molecule has 0 unspecified atom stereocenters. The average Bonchev–Trinajstić information content (AvgIpc) is 2.20. The van der Waals surface area contributed by atoms with Crippen LogP contribution in [0.1, 0.15) is 0 Å². The molecule has 2 N–H and O–H groups in total. The summed E-state index contributed by atoms with van der Waals surface area (Å²) in [6.07, 6.45) is -4.60. The van der Waals surface area contributed by atoms with Gasteiger partial charge in [0.05, 0.1) is 5.69 Å². The van der Waals surface area contributed by atoms with Gasteiger partial charge in [-0.25, -0.2) is 0 Å². The second-order valence-electron chi connectivity index (χ2n) is 3.17. The zero-order chi connectivity index (χ0) is 14.0. The van der Waals surface area contributed by atoms with Crippen molar-refractivity contribution in [1.29, 1.82) is 0 Å². The van der Waals surface area contributed by atoms with Crippen LogP contribution in [0.4, 0.5) is 18.9 Å². The van der Waals surface area contributed by atoms with Crippen LogP contribution in [-0.4, -0.2) is 21.1 Å². The number of anilines is 1. The monoisotopic (exact) mass is 458 g/mol. The Bertz CT molecular complexity index is 536. The third-order valence-corrected chi connectivity index (χ3v) is 5.00. The van der Waals surface area contributed by atoms with Crippen LogP contribution in [0, 0.1) is 3.57 Å². The Morgan fingerprint density at radius 1 is 1.33 bits per heavy atom. The molecule has 0 saturated heterocycles. The largest absolute Gasteiger partial charge is 0.402 e. The smallest absolute Gasteiger partial charge is 0.271 e. The van der Waals surface area contributed by atoms with E-state index < -0.39 is 22.9 Å². The SMILES string of the molecule is O=S(=O)(NCC(F)(F)F)Nc1ccc(I)c(Br)c1. The number of hydrogen-bond donors (Lipinski definition) is 2. The first kappa shape index (κ1) is 16.0. The highest BCUT2D eigenvalue weighted by Crippen LogP contribution is 2.23. The third kappa shape index (κ3) is 5.71. The van der Waals surface area contributed by atoms with Gasteiger partial charge in [-0.2, -0.15) is 26.3 Å². The predicted molar refractivity (Wildman–Crippen MR) is 73.5 cm³/mol. The van der Waals surface area contributed by atoms with Gasteiger partial charge in [0, 0.05) is 8.04 Å². The summed E-state index contributed by atoms with van der Waals surface area (Å²) in [7, 11) is -4.24. The Balaban J connectivity index is 2.74. The van der Waals surface area contributed by atoms with E-state index in [1.54, 1.807) is 6.07 Å². The first-order chi connectivity index (χ1) is 8.09. The fraction of sp³-hybridized carbons (Fsp3) is 0.250. The van der Waals surface area contributed by atoms with E-state index in [4.69, 9.17) is 0 Å². The van der Waals surface area contributed by atoms with Crippen molar-refractivity contribution in [3.05, 3.63) is 26.2 Å². The van der Waals surface area contributed by atoms with Crippen LogP contribution in [0.5, 0.6) is 0 Å². The van der Waals surface area contributed by atoms with Gasteiger partial charge >= 0.3 is 6.18 Å². The molecule has 0 aromatic heterocycles. The number of rotatable bonds is 4. The van der Waals surface area contributed by atoms with E-state index in [1.807, 2.05) is 27.3 Å². The third-order valence-electron chi connectivity index (χ3n) is 1.63. The second kappa shape index (κ2) is 5.92. The van der Waals surface area contributed by atoms with E-state index in [9.17, 15) is 21.6 Å². The summed E-state index contributed by atoms with van der Waals surface area (Å²) in [6, 6.07) is 4.51. The fourth-order valence-corrected chi connectivity index (χ4v) is 2.51. The Hall–Kier alpha value is -0.0700. The first-order valence-corrected chi connectivity index (χ1v) is 7.74. The van der Waals surface area contributed by atoms with Gasteiger partial charge in [-0.3, -0.25) is 4.72 Å². The summed E-state index contributed by atoms with van der Waals surface area (Å²) in [5.41, 5.74) is 0.164. The maximum absolute atomic E-state index is 11.9. The zero-order valence-electron chi connectivity index (χ0n) is 8.55. The molecule has 0 bridgehead atoms. The maximum Gasteiger partial charge on any atom is 0.402 e. The molecule has 0 aliphatic rings. The van der Waals surface area contributed by atoms with E-state index in [0.717, 1.165) is 3.57 Å². The van der Waals surface area contributed by atoms with Crippen molar-refractivity contribution < 1.29 is 21.6 Å².